The van der Waals surface area contributed by atoms with Gasteiger partial charge in [-0.25, -0.2) is 0 Å². The topological polar surface area (TPSA) is 52.6 Å². The van der Waals surface area contributed by atoms with Gasteiger partial charge in [-0.05, 0) is 42.0 Å². The summed E-state index contributed by atoms with van der Waals surface area (Å²) in [4.78, 5) is 25.5. The summed E-state index contributed by atoms with van der Waals surface area (Å²) in [5.74, 6) is -0.101. The Kier molecular flexibility index (Phi) is 4.47. The number of hydrogen-bond donors (Lipinski definition) is 0. The molecule has 0 bridgehead atoms. The van der Waals surface area contributed by atoms with Crippen molar-refractivity contribution in [2.24, 2.45) is 5.92 Å². The Labute approximate surface area is 155 Å². The van der Waals surface area contributed by atoms with E-state index < -0.39 is 0 Å². The van der Waals surface area contributed by atoms with Crippen LogP contribution in [-0.4, -0.2) is 25.0 Å². The SMILES string of the molecule is Cc1c(C(=O)COC(=O)[C@@H]2COc3ccccc3C2)sc2ccccc12. The second kappa shape index (κ2) is 6.92. The number of thiophene rings is 1. The molecule has 3 aromatic rings. The second-order valence-corrected chi connectivity index (χ2v) is 7.46. The van der Waals surface area contributed by atoms with E-state index in [4.69, 9.17) is 9.47 Å². The lowest BCUT2D eigenvalue weighted by Crippen LogP contribution is -2.30. The van der Waals surface area contributed by atoms with E-state index in [1.165, 1.54) is 11.3 Å². The molecule has 1 aromatic heterocycles. The molecule has 4 nitrogen and oxygen atoms in total. The zero-order valence-electron chi connectivity index (χ0n) is 14.4. The normalized spacial score (nSPS) is 16.0. The molecule has 1 atom stereocenters. The molecular weight excluding hydrogens is 348 g/mol. The first-order valence-electron chi connectivity index (χ1n) is 8.52. The standard InChI is InChI=1S/C21H18O4S/c1-13-16-7-3-5-9-19(16)26-20(13)17(22)12-25-21(23)15-10-14-6-2-4-8-18(14)24-11-15/h2-9,15H,10-12H2,1H3/t15-/m0/s1. The summed E-state index contributed by atoms with van der Waals surface area (Å²) in [6.07, 6.45) is 0.575. The molecule has 5 heteroatoms. The van der Waals surface area contributed by atoms with Crippen LogP contribution in [0.2, 0.25) is 0 Å². The second-order valence-electron chi connectivity index (χ2n) is 6.40. The molecule has 1 aliphatic heterocycles. The predicted molar refractivity (Wildman–Crippen MR) is 101 cm³/mol. The molecule has 0 unspecified atom stereocenters. The highest BCUT2D eigenvalue weighted by molar-refractivity contribution is 7.21. The highest BCUT2D eigenvalue weighted by Gasteiger charge is 2.28. The minimum atomic E-state index is -0.383. The third-order valence-electron chi connectivity index (χ3n) is 4.65. The summed E-state index contributed by atoms with van der Waals surface area (Å²) in [7, 11) is 0. The summed E-state index contributed by atoms with van der Waals surface area (Å²) >= 11 is 1.44. The van der Waals surface area contributed by atoms with E-state index in [9.17, 15) is 9.59 Å². The first-order chi connectivity index (χ1) is 12.6. The third-order valence-corrected chi connectivity index (χ3v) is 5.97. The van der Waals surface area contributed by atoms with Crippen molar-refractivity contribution in [1.82, 2.24) is 0 Å². The molecule has 2 aromatic carbocycles. The van der Waals surface area contributed by atoms with Gasteiger partial charge < -0.3 is 9.47 Å². The summed E-state index contributed by atoms with van der Waals surface area (Å²) in [5, 5.41) is 1.07. The fourth-order valence-corrected chi connectivity index (χ4v) is 4.37. The number of para-hydroxylation sites is 1. The molecule has 1 aliphatic rings. The van der Waals surface area contributed by atoms with Crippen LogP contribution in [0.1, 0.15) is 20.8 Å². The van der Waals surface area contributed by atoms with Gasteiger partial charge in [0, 0.05) is 4.70 Å². The van der Waals surface area contributed by atoms with Crippen LogP contribution < -0.4 is 4.74 Å². The van der Waals surface area contributed by atoms with E-state index in [-0.39, 0.29) is 30.9 Å². The lowest BCUT2D eigenvalue weighted by atomic mass is 9.97. The van der Waals surface area contributed by atoms with Gasteiger partial charge in [-0.1, -0.05) is 36.4 Å². The van der Waals surface area contributed by atoms with Gasteiger partial charge in [-0.3, -0.25) is 9.59 Å². The van der Waals surface area contributed by atoms with Gasteiger partial charge in [0.15, 0.2) is 6.61 Å². The molecule has 0 aliphatic carbocycles. The first kappa shape index (κ1) is 16.8. The molecule has 0 amide bonds. The zero-order chi connectivity index (χ0) is 18.1. The van der Waals surface area contributed by atoms with E-state index in [2.05, 4.69) is 0 Å². The van der Waals surface area contributed by atoms with Crippen LogP contribution in [0.5, 0.6) is 5.75 Å². The maximum atomic E-state index is 12.5. The quantitative estimate of drug-likeness (QED) is 0.513. The number of carbonyl (C=O) groups is 2. The Morgan fingerprint density at radius 3 is 2.77 bits per heavy atom. The number of fused-ring (bicyclic) bond motifs is 2. The number of rotatable bonds is 4. The number of ketones is 1. The molecule has 4 rings (SSSR count). The molecule has 0 spiro atoms. The summed E-state index contributed by atoms with van der Waals surface area (Å²) in [6.45, 7) is 1.98. The van der Waals surface area contributed by atoms with E-state index in [0.717, 1.165) is 27.0 Å². The van der Waals surface area contributed by atoms with Crippen LogP contribution in [0.25, 0.3) is 10.1 Å². The fourth-order valence-electron chi connectivity index (χ4n) is 3.24. The molecule has 0 radical (unpaired) electrons. The van der Waals surface area contributed by atoms with Crippen LogP contribution in [0.15, 0.2) is 48.5 Å². The van der Waals surface area contributed by atoms with Gasteiger partial charge >= 0.3 is 5.97 Å². The van der Waals surface area contributed by atoms with E-state index in [1.807, 2.05) is 55.5 Å². The fraction of sp³-hybridized carbons (Fsp3) is 0.238. The van der Waals surface area contributed by atoms with Crippen LogP contribution >= 0.6 is 11.3 Å². The van der Waals surface area contributed by atoms with E-state index in [0.29, 0.717) is 11.3 Å². The Balaban J connectivity index is 1.41. The van der Waals surface area contributed by atoms with Crippen LogP contribution in [0, 0.1) is 12.8 Å². The average molecular weight is 366 g/mol. The zero-order valence-corrected chi connectivity index (χ0v) is 15.2. The number of hydrogen-bond acceptors (Lipinski definition) is 5. The number of ether oxygens (including phenoxy) is 2. The van der Waals surface area contributed by atoms with Gasteiger partial charge in [-0.2, -0.15) is 0 Å². The Morgan fingerprint density at radius 2 is 1.92 bits per heavy atom. The van der Waals surface area contributed by atoms with Gasteiger partial charge in [0.25, 0.3) is 0 Å². The number of aryl methyl sites for hydroxylation is 1. The van der Waals surface area contributed by atoms with E-state index >= 15 is 0 Å². The van der Waals surface area contributed by atoms with Crippen molar-refractivity contribution >= 4 is 33.2 Å². The lowest BCUT2D eigenvalue weighted by Gasteiger charge is -2.23. The van der Waals surface area contributed by atoms with Crippen LogP contribution in [0.3, 0.4) is 0 Å². The minimum absolute atomic E-state index is 0.158. The summed E-state index contributed by atoms with van der Waals surface area (Å²) < 4.78 is 12.0. The molecule has 132 valence electrons. The summed E-state index contributed by atoms with van der Waals surface area (Å²) in [5.41, 5.74) is 1.94. The third kappa shape index (κ3) is 3.10. The van der Waals surface area contributed by atoms with Crippen molar-refractivity contribution in [2.75, 3.05) is 13.2 Å². The minimum Gasteiger partial charge on any atom is -0.492 e. The smallest absolute Gasteiger partial charge is 0.313 e. The average Bonchev–Trinajstić information content (AvgIpc) is 3.02. The van der Waals surface area contributed by atoms with Crippen molar-refractivity contribution in [2.45, 2.75) is 13.3 Å². The molecule has 0 N–H and O–H groups in total. The molecule has 2 heterocycles. The molecule has 0 saturated carbocycles. The Morgan fingerprint density at radius 1 is 1.15 bits per heavy atom. The van der Waals surface area contributed by atoms with Crippen molar-refractivity contribution in [3.8, 4) is 5.75 Å². The number of esters is 1. The predicted octanol–water partition coefficient (Wildman–Crippen LogP) is 4.19. The van der Waals surface area contributed by atoms with E-state index in [1.54, 1.807) is 0 Å². The monoisotopic (exact) mass is 366 g/mol. The maximum absolute atomic E-state index is 12.5. The Bertz CT molecular complexity index is 989. The molecular formula is C21H18O4S. The Hall–Kier alpha value is -2.66. The number of carbonyl (C=O) groups excluding carboxylic acids is 2. The number of Topliss-reactive ketones (excluding diaryl/α,β-unsaturated/α-hetero) is 1. The maximum Gasteiger partial charge on any atom is 0.313 e. The van der Waals surface area contributed by atoms with Crippen molar-refractivity contribution in [3.63, 3.8) is 0 Å². The largest absolute Gasteiger partial charge is 0.492 e. The molecule has 26 heavy (non-hydrogen) atoms. The van der Waals surface area contributed by atoms with Crippen molar-refractivity contribution in [1.29, 1.82) is 0 Å². The highest BCUT2D eigenvalue weighted by atomic mass is 32.1. The van der Waals surface area contributed by atoms with Gasteiger partial charge in [-0.15, -0.1) is 11.3 Å². The van der Waals surface area contributed by atoms with Gasteiger partial charge in [0.1, 0.15) is 12.4 Å². The number of benzene rings is 2. The van der Waals surface area contributed by atoms with Gasteiger partial charge in [0.2, 0.25) is 5.78 Å². The van der Waals surface area contributed by atoms with Crippen molar-refractivity contribution in [3.05, 3.63) is 64.5 Å². The van der Waals surface area contributed by atoms with Crippen LogP contribution in [0.4, 0.5) is 0 Å². The van der Waals surface area contributed by atoms with Crippen LogP contribution in [-0.2, 0) is 16.0 Å². The first-order valence-corrected chi connectivity index (χ1v) is 9.34. The van der Waals surface area contributed by atoms with Crippen molar-refractivity contribution < 1.29 is 19.1 Å². The summed E-state index contributed by atoms with van der Waals surface area (Å²) in [6, 6.07) is 15.6. The molecule has 0 fully saturated rings. The molecule has 0 saturated heterocycles. The van der Waals surface area contributed by atoms with Gasteiger partial charge in [0.05, 0.1) is 10.8 Å². The highest BCUT2D eigenvalue weighted by Crippen LogP contribution is 2.31. The lowest BCUT2D eigenvalue weighted by molar-refractivity contribution is -0.148.